The average Bonchev–Trinajstić information content (AvgIpc) is 2.89. The van der Waals surface area contributed by atoms with Gasteiger partial charge in [-0.1, -0.05) is 5.16 Å². The lowest BCUT2D eigenvalue weighted by atomic mass is 10.0. The molecule has 2 heterocycles. The van der Waals surface area contributed by atoms with Gasteiger partial charge in [-0.2, -0.15) is 4.98 Å². The SMILES string of the molecule is COCc1nc(CN2CCC(C(C)O)C2)no1. The lowest BCUT2D eigenvalue weighted by molar-refractivity contribution is 0.126. The number of aliphatic hydroxyl groups is 1. The largest absolute Gasteiger partial charge is 0.393 e. The van der Waals surface area contributed by atoms with E-state index in [9.17, 15) is 5.11 Å². The molecule has 0 aliphatic carbocycles. The molecule has 0 aromatic carbocycles. The molecular weight excluding hydrogens is 222 g/mol. The van der Waals surface area contributed by atoms with Crippen LogP contribution in [0.2, 0.25) is 0 Å². The van der Waals surface area contributed by atoms with Gasteiger partial charge >= 0.3 is 0 Å². The minimum Gasteiger partial charge on any atom is -0.393 e. The molecule has 2 unspecified atom stereocenters. The van der Waals surface area contributed by atoms with Crippen LogP contribution >= 0.6 is 0 Å². The monoisotopic (exact) mass is 241 g/mol. The van der Waals surface area contributed by atoms with Crippen LogP contribution in [0.1, 0.15) is 25.1 Å². The van der Waals surface area contributed by atoms with Crippen LogP contribution in [0, 0.1) is 5.92 Å². The summed E-state index contributed by atoms with van der Waals surface area (Å²) in [6.45, 7) is 4.74. The van der Waals surface area contributed by atoms with Crippen molar-refractivity contribution in [1.82, 2.24) is 15.0 Å². The highest BCUT2D eigenvalue weighted by molar-refractivity contribution is 4.88. The highest BCUT2D eigenvalue weighted by Crippen LogP contribution is 2.20. The van der Waals surface area contributed by atoms with Crippen molar-refractivity contribution in [3.8, 4) is 0 Å². The van der Waals surface area contributed by atoms with Crippen LogP contribution in [0.5, 0.6) is 0 Å². The summed E-state index contributed by atoms with van der Waals surface area (Å²) in [6, 6.07) is 0. The topological polar surface area (TPSA) is 71.6 Å². The Morgan fingerprint density at radius 2 is 2.47 bits per heavy atom. The number of methoxy groups -OCH3 is 1. The van der Waals surface area contributed by atoms with E-state index in [-0.39, 0.29) is 6.10 Å². The van der Waals surface area contributed by atoms with E-state index in [1.54, 1.807) is 7.11 Å². The quantitative estimate of drug-likeness (QED) is 0.805. The summed E-state index contributed by atoms with van der Waals surface area (Å²) in [5.41, 5.74) is 0. The number of hydrogen-bond acceptors (Lipinski definition) is 6. The number of ether oxygens (including phenoxy) is 1. The zero-order valence-corrected chi connectivity index (χ0v) is 10.3. The van der Waals surface area contributed by atoms with Crippen LogP contribution in [0.3, 0.4) is 0 Å². The van der Waals surface area contributed by atoms with Crippen molar-refractivity contribution in [1.29, 1.82) is 0 Å². The summed E-state index contributed by atoms with van der Waals surface area (Å²) in [5.74, 6) is 1.55. The van der Waals surface area contributed by atoms with E-state index in [2.05, 4.69) is 15.0 Å². The van der Waals surface area contributed by atoms with E-state index < -0.39 is 0 Å². The van der Waals surface area contributed by atoms with E-state index in [1.807, 2.05) is 6.92 Å². The fourth-order valence-electron chi connectivity index (χ4n) is 2.14. The molecule has 1 aromatic heterocycles. The molecule has 1 saturated heterocycles. The number of likely N-dealkylation sites (tertiary alicyclic amines) is 1. The van der Waals surface area contributed by atoms with Gasteiger partial charge < -0.3 is 14.4 Å². The Balaban J connectivity index is 1.84. The third-order valence-corrected chi connectivity index (χ3v) is 3.13. The Bertz CT molecular complexity index is 353. The Labute approximate surface area is 101 Å². The summed E-state index contributed by atoms with van der Waals surface area (Å²) in [4.78, 5) is 6.46. The first-order chi connectivity index (χ1) is 8.19. The zero-order valence-electron chi connectivity index (χ0n) is 10.3. The molecule has 1 aliphatic rings. The van der Waals surface area contributed by atoms with E-state index in [1.165, 1.54) is 0 Å². The Hall–Kier alpha value is -0.980. The van der Waals surface area contributed by atoms with Gasteiger partial charge in [0.1, 0.15) is 6.61 Å². The molecule has 96 valence electrons. The van der Waals surface area contributed by atoms with Crippen LogP contribution in [-0.2, 0) is 17.9 Å². The molecule has 1 aromatic rings. The van der Waals surface area contributed by atoms with Crippen molar-refractivity contribution >= 4 is 0 Å². The van der Waals surface area contributed by atoms with Gasteiger partial charge in [0.05, 0.1) is 12.6 Å². The summed E-state index contributed by atoms with van der Waals surface area (Å²) >= 11 is 0. The van der Waals surface area contributed by atoms with Crippen molar-refractivity contribution < 1.29 is 14.4 Å². The molecule has 1 N–H and O–H groups in total. The lowest BCUT2D eigenvalue weighted by Crippen LogP contribution is -2.24. The molecule has 6 heteroatoms. The fraction of sp³-hybridized carbons (Fsp3) is 0.818. The third-order valence-electron chi connectivity index (χ3n) is 3.13. The van der Waals surface area contributed by atoms with Crippen LogP contribution in [0.4, 0.5) is 0 Å². The smallest absolute Gasteiger partial charge is 0.252 e. The maximum atomic E-state index is 9.52. The van der Waals surface area contributed by atoms with Gasteiger partial charge in [0.25, 0.3) is 5.89 Å². The number of aliphatic hydroxyl groups excluding tert-OH is 1. The van der Waals surface area contributed by atoms with Crippen molar-refractivity contribution in [2.24, 2.45) is 5.92 Å². The Kier molecular flexibility index (Phi) is 4.09. The minimum absolute atomic E-state index is 0.241. The number of nitrogens with zero attached hydrogens (tertiary/aromatic N) is 3. The third kappa shape index (κ3) is 3.24. The summed E-state index contributed by atoms with van der Waals surface area (Å²) in [6.07, 6.45) is 0.787. The molecular formula is C11H19N3O3. The molecule has 0 saturated carbocycles. The molecule has 0 amide bonds. The number of aromatic nitrogens is 2. The van der Waals surface area contributed by atoms with Gasteiger partial charge in [0.15, 0.2) is 5.82 Å². The molecule has 2 rings (SSSR count). The zero-order chi connectivity index (χ0) is 12.3. The van der Waals surface area contributed by atoms with Crippen LogP contribution < -0.4 is 0 Å². The molecule has 0 spiro atoms. The van der Waals surface area contributed by atoms with Gasteiger partial charge in [0, 0.05) is 13.7 Å². The highest BCUT2D eigenvalue weighted by Gasteiger charge is 2.26. The predicted molar refractivity (Wildman–Crippen MR) is 60.1 cm³/mol. The standard InChI is InChI=1S/C11H19N3O3/c1-8(15)9-3-4-14(5-9)6-10-12-11(7-16-2)17-13-10/h8-9,15H,3-7H2,1-2H3. The average molecular weight is 241 g/mol. The molecule has 17 heavy (non-hydrogen) atoms. The number of hydrogen-bond donors (Lipinski definition) is 1. The second-order valence-corrected chi connectivity index (χ2v) is 4.56. The molecule has 1 aliphatic heterocycles. The van der Waals surface area contributed by atoms with Crippen molar-refractivity contribution in [2.45, 2.75) is 32.6 Å². The fourth-order valence-corrected chi connectivity index (χ4v) is 2.14. The van der Waals surface area contributed by atoms with Crippen molar-refractivity contribution in [2.75, 3.05) is 20.2 Å². The summed E-state index contributed by atoms with van der Waals surface area (Å²) in [7, 11) is 1.59. The Morgan fingerprint density at radius 1 is 1.65 bits per heavy atom. The minimum atomic E-state index is -0.241. The van der Waals surface area contributed by atoms with E-state index in [0.29, 0.717) is 30.8 Å². The normalized spacial score (nSPS) is 23.1. The lowest BCUT2D eigenvalue weighted by Gasteiger charge is -2.15. The highest BCUT2D eigenvalue weighted by atomic mass is 16.5. The molecule has 0 bridgehead atoms. The van der Waals surface area contributed by atoms with E-state index in [4.69, 9.17) is 9.26 Å². The van der Waals surface area contributed by atoms with E-state index in [0.717, 1.165) is 19.5 Å². The molecule has 6 nitrogen and oxygen atoms in total. The van der Waals surface area contributed by atoms with Gasteiger partial charge in [-0.25, -0.2) is 0 Å². The summed E-state index contributed by atoms with van der Waals surface area (Å²) in [5, 5.41) is 13.4. The first-order valence-corrected chi connectivity index (χ1v) is 5.90. The predicted octanol–water partition coefficient (Wildman–Crippen LogP) is 0.419. The molecule has 0 radical (unpaired) electrons. The van der Waals surface area contributed by atoms with Gasteiger partial charge in [0.2, 0.25) is 0 Å². The molecule has 1 fully saturated rings. The van der Waals surface area contributed by atoms with Crippen molar-refractivity contribution in [3.05, 3.63) is 11.7 Å². The van der Waals surface area contributed by atoms with Crippen molar-refractivity contribution in [3.63, 3.8) is 0 Å². The van der Waals surface area contributed by atoms with Crippen LogP contribution in [0.25, 0.3) is 0 Å². The van der Waals surface area contributed by atoms with Gasteiger partial charge in [-0.3, -0.25) is 4.90 Å². The van der Waals surface area contributed by atoms with Crippen LogP contribution in [0.15, 0.2) is 4.52 Å². The van der Waals surface area contributed by atoms with E-state index >= 15 is 0 Å². The van der Waals surface area contributed by atoms with Crippen LogP contribution in [-0.4, -0.2) is 46.5 Å². The first kappa shape index (κ1) is 12.5. The number of rotatable bonds is 5. The maximum Gasteiger partial charge on any atom is 0.252 e. The Morgan fingerprint density at radius 3 is 3.12 bits per heavy atom. The maximum absolute atomic E-state index is 9.52. The second-order valence-electron chi connectivity index (χ2n) is 4.56. The van der Waals surface area contributed by atoms with Gasteiger partial charge in [-0.15, -0.1) is 0 Å². The summed E-state index contributed by atoms with van der Waals surface area (Å²) < 4.78 is 9.94. The molecule has 2 atom stereocenters. The second kappa shape index (κ2) is 5.57. The van der Waals surface area contributed by atoms with Gasteiger partial charge in [-0.05, 0) is 25.8 Å². The first-order valence-electron chi connectivity index (χ1n) is 5.90.